The lowest BCUT2D eigenvalue weighted by atomic mass is 9.98. The van der Waals surface area contributed by atoms with Crippen molar-refractivity contribution in [2.45, 2.75) is 248 Å². The van der Waals surface area contributed by atoms with Gasteiger partial charge in [-0.15, -0.1) is 0 Å². The second-order valence-corrected chi connectivity index (χ2v) is 19.8. The lowest BCUT2D eigenvalue weighted by Gasteiger charge is -2.42. The zero-order valence-corrected chi connectivity index (χ0v) is 46.2. The summed E-state index contributed by atoms with van der Waals surface area (Å²) in [6.07, 6.45) is 42.9. The first-order valence-corrected chi connectivity index (χ1v) is 28.8. The van der Waals surface area contributed by atoms with Crippen LogP contribution in [0.15, 0.2) is 97.2 Å². The number of hydrogen-bond donors (Lipinski definition) is 7. The number of ether oxygens (including phenoxy) is 6. The van der Waals surface area contributed by atoms with E-state index in [4.69, 9.17) is 28.4 Å². The van der Waals surface area contributed by atoms with Gasteiger partial charge in [-0.25, -0.2) is 0 Å². The fourth-order valence-corrected chi connectivity index (χ4v) is 8.31. The molecular formula is C61H100O15. The molecule has 2 heterocycles. The second kappa shape index (κ2) is 46.3. The molecule has 0 aromatic heterocycles. The Morgan fingerprint density at radius 3 is 1.30 bits per heavy atom. The van der Waals surface area contributed by atoms with Crippen LogP contribution in [0.25, 0.3) is 0 Å². The zero-order valence-electron chi connectivity index (χ0n) is 46.2. The summed E-state index contributed by atoms with van der Waals surface area (Å²) in [5.41, 5.74) is 0. The highest BCUT2D eigenvalue weighted by molar-refractivity contribution is 5.70. The van der Waals surface area contributed by atoms with E-state index in [1.54, 1.807) is 0 Å². The molecule has 2 fully saturated rings. The van der Waals surface area contributed by atoms with Gasteiger partial charge in [0.05, 0.1) is 19.8 Å². The van der Waals surface area contributed by atoms with E-state index >= 15 is 0 Å². The molecule has 0 radical (unpaired) electrons. The Hall–Kier alpha value is -3.58. The number of aliphatic hydroxyl groups excluding tert-OH is 7. The molecule has 15 nitrogen and oxygen atoms in total. The zero-order chi connectivity index (χ0) is 55.3. The molecule has 2 aliphatic rings. The molecule has 0 bridgehead atoms. The molecule has 2 rings (SSSR count). The number of unbranched alkanes of at least 4 members (excludes halogenated alkanes) is 14. The predicted molar refractivity (Wildman–Crippen MR) is 298 cm³/mol. The number of aliphatic hydroxyl groups is 7. The van der Waals surface area contributed by atoms with Crippen molar-refractivity contribution in [1.82, 2.24) is 0 Å². The molecule has 2 aliphatic heterocycles. The molecule has 11 atom stereocenters. The smallest absolute Gasteiger partial charge is 0.306 e. The average molecular weight is 1070 g/mol. The van der Waals surface area contributed by atoms with Crippen molar-refractivity contribution in [2.24, 2.45) is 0 Å². The van der Waals surface area contributed by atoms with Crippen LogP contribution in [0.3, 0.4) is 0 Å². The summed E-state index contributed by atoms with van der Waals surface area (Å²) in [4.78, 5) is 25.9. The minimum atomic E-state index is -1.79. The first-order chi connectivity index (χ1) is 37.0. The lowest BCUT2D eigenvalue weighted by Crippen LogP contribution is -2.61. The minimum Gasteiger partial charge on any atom is -0.462 e. The van der Waals surface area contributed by atoms with Crippen LogP contribution in [0, 0.1) is 0 Å². The first-order valence-electron chi connectivity index (χ1n) is 28.8. The summed E-state index contributed by atoms with van der Waals surface area (Å²) in [7, 11) is 0. The molecule has 7 N–H and O–H groups in total. The van der Waals surface area contributed by atoms with Gasteiger partial charge in [0.25, 0.3) is 0 Å². The van der Waals surface area contributed by atoms with Crippen LogP contribution in [0.4, 0.5) is 0 Å². The Morgan fingerprint density at radius 2 is 0.803 bits per heavy atom. The summed E-state index contributed by atoms with van der Waals surface area (Å²) in [6, 6.07) is 0. The molecule has 0 saturated carbocycles. The molecule has 0 aliphatic carbocycles. The van der Waals surface area contributed by atoms with Gasteiger partial charge < -0.3 is 64.2 Å². The van der Waals surface area contributed by atoms with Gasteiger partial charge in [-0.2, -0.15) is 0 Å². The van der Waals surface area contributed by atoms with E-state index in [1.807, 2.05) is 12.2 Å². The lowest BCUT2D eigenvalue weighted by molar-refractivity contribution is -0.332. The van der Waals surface area contributed by atoms with Gasteiger partial charge in [0.2, 0.25) is 0 Å². The summed E-state index contributed by atoms with van der Waals surface area (Å²) in [6.45, 7) is 2.46. The maximum Gasteiger partial charge on any atom is 0.306 e. The molecule has 0 spiro atoms. The Labute approximate surface area is 456 Å². The molecule has 15 heteroatoms. The van der Waals surface area contributed by atoms with Crippen LogP contribution in [0.1, 0.15) is 181 Å². The normalized spacial score (nSPS) is 25.1. The first kappa shape index (κ1) is 68.5. The van der Waals surface area contributed by atoms with Crippen LogP contribution < -0.4 is 0 Å². The van der Waals surface area contributed by atoms with Crippen molar-refractivity contribution in [3.05, 3.63) is 97.2 Å². The van der Waals surface area contributed by atoms with Crippen LogP contribution in [0.5, 0.6) is 0 Å². The van der Waals surface area contributed by atoms with E-state index in [1.165, 1.54) is 64.2 Å². The van der Waals surface area contributed by atoms with E-state index in [2.05, 4.69) is 98.9 Å². The summed E-state index contributed by atoms with van der Waals surface area (Å²) in [5.74, 6) is -1.03. The van der Waals surface area contributed by atoms with Crippen LogP contribution in [-0.4, -0.2) is 142 Å². The monoisotopic (exact) mass is 1070 g/mol. The molecule has 0 aromatic carbocycles. The third-order valence-corrected chi connectivity index (χ3v) is 13.0. The SMILES string of the molecule is CCCCC/C=C/C/C=C/C/C=C/C/C=C/CCCCCC(=O)OC[C@H](CO[C@H]1O[C@@H](CO[C@H]2O[C@@H](CO)[C@@H](O)C(O)C2O)[C@@H](O)C(O)C1O)OC(=O)CCC/C=C/C/C=C/C/C=C/C/C=C/CCCCCCCCC. The molecular weight excluding hydrogens is 973 g/mol. The largest absolute Gasteiger partial charge is 0.462 e. The van der Waals surface area contributed by atoms with Gasteiger partial charge in [0, 0.05) is 12.8 Å². The fraction of sp³-hybridized carbons (Fsp3) is 0.705. The number of allylic oxidation sites excluding steroid dienone is 16. The fourth-order valence-electron chi connectivity index (χ4n) is 8.31. The maximum atomic E-state index is 13.0. The quantitative estimate of drug-likeness (QED) is 0.0171. The third-order valence-electron chi connectivity index (χ3n) is 13.0. The van der Waals surface area contributed by atoms with Crippen molar-refractivity contribution in [3.8, 4) is 0 Å². The number of carbonyl (C=O) groups excluding carboxylic acids is 2. The average Bonchev–Trinajstić information content (AvgIpc) is 3.42. The van der Waals surface area contributed by atoms with E-state index in [0.29, 0.717) is 19.3 Å². The number of rotatable bonds is 44. The standard InChI is InChI=1S/C61H100O15/c1-3-5-7-9-11-13-15-17-19-21-23-24-26-28-30-32-34-36-38-40-42-44-53(64)74-49(46-71-52(63)43-41-39-37-35-33-31-29-27-25-22-20-18-16-14-12-10-8-6-4-2)47-72-60-59(70)57(68)55(66)51(76-60)48-73-61-58(69)56(67)54(65)50(45-62)75-61/h12,14,18-21,24-27,30-33,36,38,49-51,54-62,65-70H,3-11,13,15-17,22-23,28-29,34-35,37,39-48H2,1-2H3/b14-12+,20-18+,21-19+,26-24+,27-25+,32-30+,33-31+,38-36+/t49-,50+,51+,54-,55-,56?,57?,58?,59?,60+,61+/m1/s1. The van der Waals surface area contributed by atoms with E-state index in [9.17, 15) is 45.3 Å². The van der Waals surface area contributed by atoms with E-state index < -0.39 is 99.3 Å². The Kier molecular flexibility index (Phi) is 41.8. The second-order valence-electron chi connectivity index (χ2n) is 19.8. The topological polar surface area (TPSA) is 231 Å². The van der Waals surface area contributed by atoms with E-state index in [-0.39, 0.29) is 19.4 Å². The maximum absolute atomic E-state index is 13.0. The van der Waals surface area contributed by atoms with Crippen molar-refractivity contribution in [3.63, 3.8) is 0 Å². The van der Waals surface area contributed by atoms with Gasteiger partial charge in [-0.3, -0.25) is 9.59 Å². The minimum absolute atomic E-state index is 0.0766. The Bertz CT molecular complexity index is 1690. The van der Waals surface area contributed by atoms with Crippen LogP contribution >= 0.6 is 0 Å². The van der Waals surface area contributed by atoms with Gasteiger partial charge in [-0.05, 0) is 96.3 Å². The van der Waals surface area contributed by atoms with Gasteiger partial charge >= 0.3 is 11.9 Å². The summed E-state index contributed by atoms with van der Waals surface area (Å²) >= 11 is 0. The van der Waals surface area contributed by atoms with Crippen molar-refractivity contribution in [2.75, 3.05) is 26.4 Å². The molecule has 76 heavy (non-hydrogen) atoms. The van der Waals surface area contributed by atoms with E-state index in [0.717, 1.165) is 70.6 Å². The summed E-state index contributed by atoms with van der Waals surface area (Å²) in [5, 5.41) is 72.3. The number of carbonyl (C=O) groups is 2. The number of esters is 2. The molecule has 0 amide bonds. The summed E-state index contributed by atoms with van der Waals surface area (Å²) < 4.78 is 33.6. The molecule has 0 aromatic rings. The van der Waals surface area contributed by atoms with Crippen molar-refractivity contribution in [1.29, 1.82) is 0 Å². The highest BCUT2D eigenvalue weighted by Gasteiger charge is 2.47. The molecule has 434 valence electrons. The molecule has 4 unspecified atom stereocenters. The van der Waals surface area contributed by atoms with Gasteiger partial charge in [0.1, 0.15) is 55.4 Å². The predicted octanol–water partition coefficient (Wildman–Crippen LogP) is 9.71. The molecule has 2 saturated heterocycles. The van der Waals surface area contributed by atoms with Crippen LogP contribution in [-0.2, 0) is 38.0 Å². The van der Waals surface area contributed by atoms with Crippen molar-refractivity contribution >= 4 is 11.9 Å². The van der Waals surface area contributed by atoms with Crippen molar-refractivity contribution < 1.29 is 73.8 Å². The van der Waals surface area contributed by atoms with Gasteiger partial charge in [-0.1, -0.05) is 169 Å². The van der Waals surface area contributed by atoms with Gasteiger partial charge in [0.15, 0.2) is 18.7 Å². The Balaban J connectivity index is 1.82. The highest BCUT2D eigenvalue weighted by atomic mass is 16.7. The Morgan fingerprint density at radius 1 is 0.421 bits per heavy atom. The van der Waals surface area contributed by atoms with Crippen LogP contribution in [0.2, 0.25) is 0 Å². The number of hydrogen-bond acceptors (Lipinski definition) is 15. The highest BCUT2D eigenvalue weighted by Crippen LogP contribution is 2.26. The third kappa shape index (κ3) is 33.0.